The van der Waals surface area contributed by atoms with E-state index in [1.54, 1.807) is 0 Å². The van der Waals surface area contributed by atoms with Crippen molar-refractivity contribution in [2.24, 2.45) is 10.9 Å². The lowest BCUT2D eigenvalue weighted by Gasteiger charge is -2.37. The maximum Gasteiger partial charge on any atom is 0.251 e. The summed E-state index contributed by atoms with van der Waals surface area (Å²) in [6.07, 6.45) is 5.32. The summed E-state index contributed by atoms with van der Waals surface area (Å²) >= 11 is 0. The molecule has 2 heterocycles. The zero-order valence-corrected chi connectivity index (χ0v) is 15.4. The van der Waals surface area contributed by atoms with Gasteiger partial charge in [-0.3, -0.25) is 9.79 Å². The van der Waals surface area contributed by atoms with Crippen molar-refractivity contribution in [3.05, 3.63) is 0 Å². The number of aliphatic imine (C=N–C) groups is 1. The van der Waals surface area contributed by atoms with Crippen LogP contribution in [0.2, 0.25) is 0 Å². The molecule has 3 fully saturated rings. The van der Waals surface area contributed by atoms with Crippen molar-refractivity contribution in [1.29, 1.82) is 0 Å². The van der Waals surface area contributed by atoms with Gasteiger partial charge >= 0.3 is 0 Å². The van der Waals surface area contributed by atoms with E-state index in [1.807, 2.05) is 11.9 Å². The topological polar surface area (TPSA) is 66.4 Å². The van der Waals surface area contributed by atoms with Gasteiger partial charge in [0.2, 0.25) is 0 Å². The minimum atomic E-state index is -0.209. The molecular weight excluding hydrogens is 320 g/mol. The second-order valence-corrected chi connectivity index (χ2v) is 7.16. The number of ether oxygens (including phenoxy) is 2. The van der Waals surface area contributed by atoms with Crippen LogP contribution in [0.25, 0.3) is 0 Å². The number of rotatable bonds is 7. The number of hydrogen-bond donors (Lipinski definition) is 1. The lowest BCUT2D eigenvalue weighted by molar-refractivity contribution is -0.142. The zero-order chi connectivity index (χ0) is 17.5. The first-order valence-corrected chi connectivity index (χ1v) is 9.71. The Morgan fingerprint density at radius 1 is 1.20 bits per heavy atom. The zero-order valence-electron chi connectivity index (χ0n) is 15.4. The van der Waals surface area contributed by atoms with E-state index >= 15 is 0 Å². The van der Waals surface area contributed by atoms with Crippen molar-refractivity contribution >= 4 is 11.9 Å². The smallest absolute Gasteiger partial charge is 0.251 e. The SMILES string of the molecule is CN=C(NCCCOCC1CC1)N1CCN(C(=O)C2CCCO2)CC1. The molecule has 0 aromatic carbocycles. The summed E-state index contributed by atoms with van der Waals surface area (Å²) < 4.78 is 11.2. The predicted molar refractivity (Wildman–Crippen MR) is 96.6 cm³/mol. The third kappa shape index (κ3) is 5.57. The monoisotopic (exact) mass is 352 g/mol. The largest absolute Gasteiger partial charge is 0.381 e. The van der Waals surface area contributed by atoms with Gasteiger partial charge in [-0.05, 0) is 38.0 Å². The number of hydrogen-bond acceptors (Lipinski definition) is 4. The molecule has 7 nitrogen and oxygen atoms in total. The molecule has 1 saturated carbocycles. The van der Waals surface area contributed by atoms with E-state index < -0.39 is 0 Å². The second kappa shape index (κ2) is 9.38. The highest BCUT2D eigenvalue weighted by atomic mass is 16.5. The third-order valence-corrected chi connectivity index (χ3v) is 5.11. The van der Waals surface area contributed by atoms with Gasteiger partial charge in [0.25, 0.3) is 5.91 Å². The molecule has 3 aliphatic rings. The van der Waals surface area contributed by atoms with Crippen LogP contribution in [0.5, 0.6) is 0 Å². The summed E-state index contributed by atoms with van der Waals surface area (Å²) in [4.78, 5) is 20.9. The number of carbonyl (C=O) groups is 1. The Morgan fingerprint density at radius 3 is 2.60 bits per heavy atom. The molecule has 0 bridgehead atoms. The first kappa shape index (κ1) is 18.5. The molecule has 0 radical (unpaired) electrons. The molecule has 1 amide bonds. The Kier molecular flexibility index (Phi) is 6.93. The lowest BCUT2D eigenvalue weighted by Crippen LogP contribution is -2.55. The fourth-order valence-corrected chi connectivity index (χ4v) is 3.36. The van der Waals surface area contributed by atoms with Crippen LogP contribution in [0.4, 0.5) is 0 Å². The van der Waals surface area contributed by atoms with Gasteiger partial charge in [-0.15, -0.1) is 0 Å². The molecular formula is C18H32N4O3. The van der Waals surface area contributed by atoms with Crippen LogP contribution < -0.4 is 5.32 Å². The van der Waals surface area contributed by atoms with Gasteiger partial charge in [0.05, 0.1) is 0 Å². The van der Waals surface area contributed by atoms with Crippen LogP contribution in [-0.4, -0.2) is 87.4 Å². The Morgan fingerprint density at radius 2 is 1.96 bits per heavy atom. The van der Waals surface area contributed by atoms with Crippen LogP contribution in [-0.2, 0) is 14.3 Å². The van der Waals surface area contributed by atoms with Crippen LogP contribution >= 0.6 is 0 Å². The van der Waals surface area contributed by atoms with Crippen molar-refractivity contribution in [2.45, 2.75) is 38.2 Å². The van der Waals surface area contributed by atoms with Crippen molar-refractivity contribution in [2.75, 3.05) is 59.6 Å². The number of amides is 1. The van der Waals surface area contributed by atoms with E-state index in [9.17, 15) is 4.79 Å². The first-order valence-electron chi connectivity index (χ1n) is 9.71. The molecule has 0 aromatic rings. The number of nitrogens with zero attached hydrogens (tertiary/aromatic N) is 3. The van der Waals surface area contributed by atoms with Gasteiger partial charge in [0, 0.05) is 59.6 Å². The maximum atomic E-state index is 12.4. The lowest BCUT2D eigenvalue weighted by atomic mass is 10.2. The van der Waals surface area contributed by atoms with Crippen molar-refractivity contribution in [3.63, 3.8) is 0 Å². The maximum absolute atomic E-state index is 12.4. The van der Waals surface area contributed by atoms with Gasteiger partial charge in [-0.2, -0.15) is 0 Å². The van der Waals surface area contributed by atoms with E-state index in [-0.39, 0.29) is 12.0 Å². The average Bonchev–Trinajstić information content (AvgIpc) is 3.31. The predicted octanol–water partition coefficient (Wildman–Crippen LogP) is 0.702. The van der Waals surface area contributed by atoms with E-state index in [0.29, 0.717) is 0 Å². The van der Waals surface area contributed by atoms with Crippen LogP contribution in [0.15, 0.2) is 4.99 Å². The number of carbonyl (C=O) groups excluding carboxylic acids is 1. The molecule has 2 saturated heterocycles. The Hall–Kier alpha value is -1.34. The van der Waals surface area contributed by atoms with Gasteiger partial charge < -0.3 is 24.6 Å². The van der Waals surface area contributed by atoms with Crippen molar-refractivity contribution < 1.29 is 14.3 Å². The molecule has 2 aliphatic heterocycles. The molecule has 1 N–H and O–H groups in total. The van der Waals surface area contributed by atoms with E-state index in [4.69, 9.17) is 9.47 Å². The van der Waals surface area contributed by atoms with Crippen molar-refractivity contribution in [3.8, 4) is 0 Å². The summed E-state index contributed by atoms with van der Waals surface area (Å²) in [7, 11) is 1.82. The average molecular weight is 352 g/mol. The highest BCUT2D eigenvalue weighted by Crippen LogP contribution is 2.28. The summed E-state index contributed by atoms with van der Waals surface area (Å²) in [6.45, 7) is 6.43. The van der Waals surface area contributed by atoms with Crippen LogP contribution in [0.3, 0.4) is 0 Å². The van der Waals surface area contributed by atoms with Gasteiger partial charge in [0.15, 0.2) is 5.96 Å². The van der Waals surface area contributed by atoms with Gasteiger partial charge in [-0.25, -0.2) is 0 Å². The van der Waals surface area contributed by atoms with Crippen LogP contribution in [0.1, 0.15) is 32.1 Å². The molecule has 142 valence electrons. The Bertz CT molecular complexity index is 453. The standard InChI is InChI=1S/C18H32N4O3/c1-19-18(20-7-3-12-24-14-15-5-6-15)22-10-8-21(9-11-22)17(23)16-4-2-13-25-16/h15-16H,2-14H2,1H3,(H,19,20). The second-order valence-electron chi connectivity index (χ2n) is 7.16. The van der Waals surface area contributed by atoms with E-state index in [1.165, 1.54) is 12.8 Å². The minimum Gasteiger partial charge on any atom is -0.381 e. The highest BCUT2D eigenvalue weighted by molar-refractivity contribution is 5.82. The van der Waals surface area contributed by atoms with Gasteiger partial charge in [-0.1, -0.05) is 0 Å². The number of nitrogens with one attached hydrogen (secondary N) is 1. The van der Waals surface area contributed by atoms with Gasteiger partial charge in [0.1, 0.15) is 6.10 Å². The van der Waals surface area contributed by atoms with Crippen molar-refractivity contribution in [1.82, 2.24) is 15.1 Å². The fourth-order valence-electron chi connectivity index (χ4n) is 3.36. The molecule has 1 unspecified atom stereocenters. The quantitative estimate of drug-likeness (QED) is 0.415. The molecule has 7 heteroatoms. The Balaban J connectivity index is 1.31. The molecule has 1 atom stereocenters. The Labute approximate surface area is 150 Å². The van der Waals surface area contributed by atoms with Crippen LogP contribution in [0, 0.1) is 5.92 Å². The fraction of sp³-hybridized carbons (Fsp3) is 0.889. The summed E-state index contributed by atoms with van der Waals surface area (Å²) in [5, 5.41) is 3.41. The van der Waals surface area contributed by atoms with E-state index in [0.717, 1.165) is 83.7 Å². The number of piperazine rings is 1. The normalized spacial score (nSPS) is 24.7. The molecule has 1 aliphatic carbocycles. The summed E-state index contributed by atoms with van der Waals surface area (Å²) in [5.41, 5.74) is 0. The first-order chi connectivity index (χ1) is 12.3. The number of guanidine groups is 1. The molecule has 0 spiro atoms. The highest BCUT2D eigenvalue weighted by Gasteiger charge is 2.30. The molecule has 0 aromatic heterocycles. The minimum absolute atomic E-state index is 0.160. The van der Waals surface area contributed by atoms with E-state index in [2.05, 4.69) is 15.2 Å². The summed E-state index contributed by atoms with van der Waals surface area (Å²) in [5.74, 6) is 1.91. The molecule has 25 heavy (non-hydrogen) atoms. The molecule has 3 rings (SSSR count). The third-order valence-electron chi connectivity index (χ3n) is 5.11. The summed E-state index contributed by atoms with van der Waals surface area (Å²) in [6, 6.07) is 0.